The largest absolute Gasteiger partial charge is 0.298 e. The highest BCUT2D eigenvalue weighted by Gasteiger charge is 2.07. The summed E-state index contributed by atoms with van der Waals surface area (Å²) in [5, 5.41) is 10.3. The van der Waals surface area contributed by atoms with Crippen LogP contribution in [0.4, 0.5) is 5.69 Å². The molecule has 14 heavy (non-hydrogen) atoms. The van der Waals surface area contributed by atoms with Gasteiger partial charge in [-0.05, 0) is 6.07 Å². The van der Waals surface area contributed by atoms with Crippen molar-refractivity contribution in [2.75, 3.05) is 0 Å². The number of halogens is 1. The summed E-state index contributed by atoms with van der Waals surface area (Å²) in [6.45, 7) is 4.00. The molecule has 0 bridgehead atoms. The highest BCUT2D eigenvalue weighted by atomic mass is 79.9. The molecular formula is C9H10BrNO3. The third-order valence-corrected chi connectivity index (χ3v) is 1.71. The van der Waals surface area contributed by atoms with E-state index < -0.39 is 4.92 Å². The van der Waals surface area contributed by atoms with Crippen molar-refractivity contribution < 1.29 is 9.72 Å². The Bertz CT molecular complexity index is 339. The molecule has 1 aromatic rings. The van der Waals surface area contributed by atoms with Crippen LogP contribution < -0.4 is 0 Å². The van der Waals surface area contributed by atoms with Crippen LogP contribution in [-0.2, 0) is 0 Å². The molecule has 0 aliphatic carbocycles. The van der Waals surface area contributed by atoms with Crippen molar-refractivity contribution in [3.8, 4) is 0 Å². The predicted octanol–water partition coefficient (Wildman–Crippen LogP) is 3.20. The molecule has 0 amide bonds. The van der Waals surface area contributed by atoms with Crippen LogP contribution in [0.5, 0.6) is 0 Å². The van der Waals surface area contributed by atoms with Gasteiger partial charge in [-0.1, -0.05) is 29.8 Å². The molecule has 0 aromatic heterocycles. The molecule has 0 saturated carbocycles. The van der Waals surface area contributed by atoms with Crippen molar-refractivity contribution in [2.45, 2.75) is 13.8 Å². The average molecular weight is 260 g/mol. The van der Waals surface area contributed by atoms with Crippen molar-refractivity contribution in [3.63, 3.8) is 0 Å². The number of carbonyl (C=O) groups is 1. The minimum atomic E-state index is -0.544. The molecule has 0 spiro atoms. The number of rotatable bonds is 2. The molecule has 1 aromatic carbocycles. The molecule has 1 rings (SSSR count). The van der Waals surface area contributed by atoms with Crippen LogP contribution in [0.3, 0.4) is 0 Å². The molecule has 0 aliphatic rings. The zero-order valence-corrected chi connectivity index (χ0v) is 9.45. The summed E-state index contributed by atoms with van der Waals surface area (Å²) in [7, 11) is 0. The topological polar surface area (TPSA) is 60.2 Å². The molecule has 0 saturated heterocycles. The minimum Gasteiger partial charge on any atom is -0.298 e. The number of carbonyl (C=O) groups excluding carboxylic acids is 1. The lowest BCUT2D eigenvalue weighted by molar-refractivity contribution is -0.384. The van der Waals surface area contributed by atoms with E-state index in [1.54, 1.807) is 0 Å². The molecule has 4 nitrogen and oxygen atoms in total. The van der Waals surface area contributed by atoms with E-state index in [1.165, 1.54) is 18.2 Å². The quantitative estimate of drug-likeness (QED) is 0.466. The van der Waals surface area contributed by atoms with Crippen LogP contribution in [0.2, 0.25) is 0 Å². The Kier molecular flexibility index (Phi) is 5.71. The maximum Gasteiger partial charge on any atom is 0.271 e. The first-order valence-electron chi connectivity index (χ1n) is 4.03. The number of non-ortho nitro benzene ring substituents is 1. The van der Waals surface area contributed by atoms with Gasteiger partial charge in [-0.25, -0.2) is 0 Å². The zero-order valence-electron chi connectivity index (χ0n) is 7.86. The third kappa shape index (κ3) is 3.66. The number of nitro groups is 1. The summed E-state index contributed by atoms with van der Waals surface area (Å²) in [4.78, 5) is 20.0. The SMILES string of the molecule is CC.O=Cc1cc(Br)cc([N+](=O)[O-])c1. The Balaban J connectivity index is 0.000000791. The maximum atomic E-state index is 10.3. The fourth-order valence-corrected chi connectivity index (χ4v) is 1.27. The van der Waals surface area contributed by atoms with E-state index in [2.05, 4.69) is 15.9 Å². The number of aldehydes is 1. The smallest absolute Gasteiger partial charge is 0.271 e. The van der Waals surface area contributed by atoms with E-state index >= 15 is 0 Å². The fraction of sp³-hybridized carbons (Fsp3) is 0.222. The second kappa shape index (κ2) is 6.26. The van der Waals surface area contributed by atoms with Gasteiger partial charge in [0.15, 0.2) is 0 Å². The monoisotopic (exact) mass is 259 g/mol. The van der Waals surface area contributed by atoms with Gasteiger partial charge >= 0.3 is 0 Å². The zero-order chi connectivity index (χ0) is 11.1. The van der Waals surface area contributed by atoms with Crippen LogP contribution in [0.15, 0.2) is 22.7 Å². The van der Waals surface area contributed by atoms with E-state index in [4.69, 9.17) is 0 Å². The first kappa shape index (κ1) is 12.8. The molecule has 0 unspecified atom stereocenters. The number of hydrogen-bond acceptors (Lipinski definition) is 3. The Morgan fingerprint density at radius 2 is 1.93 bits per heavy atom. The summed E-state index contributed by atoms with van der Waals surface area (Å²) < 4.78 is 0.527. The van der Waals surface area contributed by atoms with E-state index in [0.717, 1.165) is 0 Å². The van der Waals surface area contributed by atoms with Gasteiger partial charge in [0, 0.05) is 22.2 Å². The predicted molar refractivity (Wildman–Crippen MR) is 57.5 cm³/mol. The number of nitro benzene ring substituents is 1. The fourth-order valence-electron chi connectivity index (χ4n) is 0.770. The minimum absolute atomic E-state index is 0.0912. The van der Waals surface area contributed by atoms with Gasteiger partial charge in [0.1, 0.15) is 6.29 Å². The van der Waals surface area contributed by atoms with Gasteiger partial charge < -0.3 is 0 Å². The summed E-state index contributed by atoms with van der Waals surface area (Å²) >= 11 is 3.06. The maximum absolute atomic E-state index is 10.3. The molecular weight excluding hydrogens is 250 g/mol. The third-order valence-electron chi connectivity index (χ3n) is 1.25. The van der Waals surface area contributed by atoms with Crippen LogP contribution >= 0.6 is 15.9 Å². The normalized spacial score (nSPS) is 8.50. The summed E-state index contributed by atoms with van der Waals surface area (Å²) in [6.07, 6.45) is 0.567. The van der Waals surface area contributed by atoms with E-state index in [-0.39, 0.29) is 11.3 Å². The Morgan fingerprint density at radius 1 is 1.36 bits per heavy atom. The number of nitrogens with zero attached hydrogens (tertiary/aromatic N) is 1. The highest BCUT2D eigenvalue weighted by Crippen LogP contribution is 2.20. The number of benzene rings is 1. The summed E-state index contributed by atoms with van der Waals surface area (Å²) in [6, 6.07) is 4.07. The van der Waals surface area contributed by atoms with Gasteiger partial charge in [-0.2, -0.15) is 0 Å². The Hall–Kier alpha value is -1.23. The lowest BCUT2D eigenvalue weighted by atomic mass is 10.2. The van der Waals surface area contributed by atoms with Crippen molar-refractivity contribution in [2.24, 2.45) is 0 Å². The summed E-state index contributed by atoms with van der Waals surface area (Å²) in [5.74, 6) is 0. The van der Waals surface area contributed by atoms with Gasteiger partial charge in [0.05, 0.1) is 4.92 Å². The average Bonchev–Trinajstić information content (AvgIpc) is 2.20. The second-order valence-electron chi connectivity index (χ2n) is 2.12. The van der Waals surface area contributed by atoms with Crippen LogP contribution in [0.1, 0.15) is 24.2 Å². The van der Waals surface area contributed by atoms with Gasteiger partial charge in [0.25, 0.3) is 5.69 Å². The van der Waals surface area contributed by atoms with E-state index in [0.29, 0.717) is 10.8 Å². The first-order chi connectivity index (χ1) is 6.63. The van der Waals surface area contributed by atoms with Crippen molar-refractivity contribution in [1.29, 1.82) is 0 Å². The summed E-state index contributed by atoms with van der Waals surface area (Å²) in [5.41, 5.74) is 0.197. The first-order valence-corrected chi connectivity index (χ1v) is 4.83. The number of hydrogen-bond donors (Lipinski definition) is 0. The van der Waals surface area contributed by atoms with Gasteiger partial charge in [-0.15, -0.1) is 0 Å². The molecule has 5 heteroatoms. The van der Waals surface area contributed by atoms with Crippen LogP contribution in [0, 0.1) is 10.1 Å². The second-order valence-corrected chi connectivity index (χ2v) is 3.03. The lowest BCUT2D eigenvalue weighted by Gasteiger charge is -1.93. The standard InChI is InChI=1S/C7H4BrNO3.C2H6/c8-6-1-5(4-10)2-7(3-6)9(11)12;1-2/h1-4H;1-2H3. The van der Waals surface area contributed by atoms with Crippen LogP contribution in [0.25, 0.3) is 0 Å². The van der Waals surface area contributed by atoms with Gasteiger partial charge in [0.2, 0.25) is 0 Å². The molecule has 0 N–H and O–H groups in total. The van der Waals surface area contributed by atoms with Crippen molar-refractivity contribution in [1.82, 2.24) is 0 Å². The van der Waals surface area contributed by atoms with Crippen molar-refractivity contribution >= 4 is 27.9 Å². The van der Waals surface area contributed by atoms with Crippen LogP contribution in [-0.4, -0.2) is 11.2 Å². The highest BCUT2D eigenvalue weighted by molar-refractivity contribution is 9.10. The van der Waals surface area contributed by atoms with Gasteiger partial charge in [-0.3, -0.25) is 14.9 Å². The molecule has 0 radical (unpaired) electrons. The Morgan fingerprint density at radius 3 is 2.36 bits per heavy atom. The van der Waals surface area contributed by atoms with E-state index in [9.17, 15) is 14.9 Å². The van der Waals surface area contributed by atoms with E-state index in [1.807, 2.05) is 13.8 Å². The molecule has 0 heterocycles. The Labute approximate surface area is 90.2 Å². The molecule has 0 fully saturated rings. The molecule has 0 aliphatic heterocycles. The van der Waals surface area contributed by atoms with Crippen molar-refractivity contribution in [3.05, 3.63) is 38.3 Å². The molecule has 0 atom stereocenters. The molecule has 76 valence electrons. The lowest BCUT2D eigenvalue weighted by Crippen LogP contribution is -1.89.